The van der Waals surface area contributed by atoms with Gasteiger partial charge in [-0.05, 0) is 12.8 Å². The SMILES string of the molecule is CCCCCCCCCCCCCCCC1=NC=C[N+]1(C)C(=O)CCCCCCCCCCCCC. The fourth-order valence-electron chi connectivity index (χ4n) is 5.46. The Bertz CT molecular complexity index is 582. The molecule has 0 N–H and O–H groups in total. The summed E-state index contributed by atoms with van der Waals surface area (Å²) in [7, 11) is 2.05. The number of aliphatic imine (C=N–C) groups is 1. The molecule has 3 nitrogen and oxygen atoms in total. The van der Waals surface area contributed by atoms with Crippen molar-refractivity contribution in [1.29, 1.82) is 0 Å². The molecule has 0 saturated carbocycles. The quantitative estimate of drug-likeness (QED) is 0.0852. The summed E-state index contributed by atoms with van der Waals surface area (Å²) in [6.45, 7) is 4.57. The van der Waals surface area contributed by atoms with Crippen LogP contribution in [-0.2, 0) is 4.79 Å². The third-order valence-corrected chi connectivity index (χ3v) is 8.14. The number of carbonyl (C=O) groups excluding carboxylic acids is 1. The summed E-state index contributed by atoms with van der Waals surface area (Å²) < 4.78 is 0.329. The van der Waals surface area contributed by atoms with Crippen molar-refractivity contribution in [1.82, 2.24) is 0 Å². The van der Waals surface area contributed by atoms with E-state index in [2.05, 4.69) is 18.8 Å². The average molecular weight is 504 g/mol. The van der Waals surface area contributed by atoms with Crippen LogP contribution in [0.5, 0.6) is 0 Å². The topological polar surface area (TPSA) is 29.4 Å². The summed E-state index contributed by atoms with van der Waals surface area (Å²) in [6.07, 6.45) is 37.9. The Morgan fingerprint density at radius 3 is 1.36 bits per heavy atom. The van der Waals surface area contributed by atoms with E-state index in [1.807, 2.05) is 19.4 Å². The second kappa shape index (κ2) is 23.2. The van der Waals surface area contributed by atoms with Crippen molar-refractivity contribution in [2.75, 3.05) is 7.05 Å². The number of amides is 1. The smallest absolute Gasteiger partial charge is 0.230 e. The number of carbonyl (C=O) groups is 1. The highest BCUT2D eigenvalue weighted by Gasteiger charge is 2.37. The Morgan fingerprint density at radius 2 is 0.944 bits per heavy atom. The molecule has 0 fully saturated rings. The maximum atomic E-state index is 13.0. The third-order valence-electron chi connectivity index (χ3n) is 8.14. The first-order chi connectivity index (χ1) is 17.6. The van der Waals surface area contributed by atoms with Crippen LogP contribution in [0.15, 0.2) is 17.4 Å². The van der Waals surface area contributed by atoms with E-state index < -0.39 is 0 Å². The molecule has 0 bridgehead atoms. The van der Waals surface area contributed by atoms with Gasteiger partial charge in [0.2, 0.25) is 5.84 Å². The van der Waals surface area contributed by atoms with E-state index in [4.69, 9.17) is 0 Å². The van der Waals surface area contributed by atoms with E-state index >= 15 is 0 Å². The van der Waals surface area contributed by atoms with Gasteiger partial charge in [0.1, 0.15) is 6.20 Å². The summed E-state index contributed by atoms with van der Waals surface area (Å²) in [5, 5.41) is 0. The molecular weight excluding hydrogens is 440 g/mol. The maximum Gasteiger partial charge on any atom is 0.324 e. The third kappa shape index (κ3) is 16.0. The molecule has 0 aromatic heterocycles. The number of amidine groups is 1. The van der Waals surface area contributed by atoms with E-state index in [0.717, 1.165) is 25.1 Å². The van der Waals surface area contributed by atoms with Crippen molar-refractivity contribution in [2.45, 2.75) is 181 Å². The molecular formula is C33H63N2O+. The first-order valence-electron chi connectivity index (χ1n) is 16.3. The van der Waals surface area contributed by atoms with Crippen LogP contribution < -0.4 is 0 Å². The number of hydrogen-bond acceptors (Lipinski definition) is 2. The van der Waals surface area contributed by atoms with E-state index in [1.54, 1.807) is 0 Å². The van der Waals surface area contributed by atoms with Gasteiger partial charge in [0.15, 0.2) is 0 Å². The van der Waals surface area contributed by atoms with Crippen molar-refractivity contribution in [3.05, 3.63) is 12.4 Å². The van der Waals surface area contributed by atoms with Crippen molar-refractivity contribution >= 4 is 11.7 Å². The molecule has 1 aliphatic rings. The zero-order chi connectivity index (χ0) is 26.2. The van der Waals surface area contributed by atoms with E-state index in [0.29, 0.717) is 16.8 Å². The molecule has 1 aliphatic heterocycles. The average Bonchev–Trinajstić information content (AvgIpc) is 3.26. The van der Waals surface area contributed by atoms with Gasteiger partial charge in [-0.25, -0.2) is 9.79 Å². The fraction of sp³-hybridized carbons (Fsp3) is 0.879. The summed E-state index contributed by atoms with van der Waals surface area (Å²) in [5.74, 6) is 1.39. The Hall–Kier alpha value is -0.960. The highest BCUT2D eigenvalue weighted by molar-refractivity contribution is 5.90. The molecule has 0 radical (unpaired) electrons. The molecule has 0 aliphatic carbocycles. The van der Waals surface area contributed by atoms with Gasteiger partial charge in [-0.1, -0.05) is 155 Å². The highest BCUT2D eigenvalue weighted by Crippen LogP contribution is 2.22. The molecule has 1 rings (SSSR count). The van der Waals surface area contributed by atoms with E-state index in [-0.39, 0.29) is 0 Å². The maximum absolute atomic E-state index is 13.0. The van der Waals surface area contributed by atoms with Gasteiger partial charge >= 0.3 is 5.91 Å². The minimum Gasteiger partial charge on any atom is -0.230 e. The molecule has 0 aromatic rings. The summed E-state index contributed by atoms with van der Waals surface area (Å²) >= 11 is 0. The van der Waals surface area contributed by atoms with Gasteiger partial charge in [-0.2, -0.15) is 4.48 Å². The molecule has 1 unspecified atom stereocenters. The lowest BCUT2D eigenvalue weighted by molar-refractivity contribution is -0.683. The number of unbranched alkanes of at least 4 members (excludes halogenated alkanes) is 22. The minimum atomic E-state index is 0.327. The molecule has 0 saturated heterocycles. The minimum absolute atomic E-state index is 0.327. The molecule has 0 aromatic carbocycles. The van der Waals surface area contributed by atoms with Gasteiger partial charge in [0.05, 0.1) is 19.7 Å². The lowest BCUT2D eigenvalue weighted by Crippen LogP contribution is -2.47. The van der Waals surface area contributed by atoms with Gasteiger partial charge in [0, 0.05) is 6.42 Å². The number of quaternary nitrogens is 1. The van der Waals surface area contributed by atoms with Crippen LogP contribution in [0.2, 0.25) is 0 Å². The summed E-state index contributed by atoms with van der Waals surface area (Å²) in [5.41, 5.74) is 0. The van der Waals surface area contributed by atoms with Crippen LogP contribution in [0.3, 0.4) is 0 Å². The zero-order valence-electron chi connectivity index (χ0n) is 24.8. The normalized spacial score (nSPS) is 17.1. The predicted octanol–water partition coefficient (Wildman–Crippen LogP) is 11.0. The molecule has 0 spiro atoms. The second-order valence-electron chi connectivity index (χ2n) is 11.6. The zero-order valence-corrected chi connectivity index (χ0v) is 24.8. The van der Waals surface area contributed by atoms with Crippen LogP contribution in [0.25, 0.3) is 0 Å². The van der Waals surface area contributed by atoms with Crippen LogP contribution in [-0.4, -0.2) is 23.3 Å². The summed E-state index contributed by atoms with van der Waals surface area (Å²) in [6, 6.07) is 0. The van der Waals surface area contributed by atoms with Gasteiger partial charge in [0.25, 0.3) is 0 Å². The van der Waals surface area contributed by atoms with Crippen LogP contribution >= 0.6 is 0 Å². The number of nitrogens with zero attached hydrogens (tertiary/aromatic N) is 2. The van der Waals surface area contributed by atoms with Crippen molar-refractivity contribution in [3.8, 4) is 0 Å². The highest BCUT2D eigenvalue weighted by atomic mass is 16.2. The van der Waals surface area contributed by atoms with Gasteiger partial charge < -0.3 is 0 Å². The predicted molar refractivity (Wildman–Crippen MR) is 159 cm³/mol. The monoisotopic (exact) mass is 503 g/mol. The standard InChI is InChI=1S/C33H63N2O/c1-4-6-8-10-12-14-16-17-19-20-22-24-26-28-32-34-30-31-35(32,3)33(36)29-27-25-23-21-18-15-13-11-9-7-5-2/h30-31H,4-29H2,1-3H3/q+1. The van der Waals surface area contributed by atoms with Crippen molar-refractivity contribution in [3.63, 3.8) is 0 Å². The van der Waals surface area contributed by atoms with Gasteiger partial charge in [-0.3, -0.25) is 0 Å². The van der Waals surface area contributed by atoms with E-state index in [1.165, 1.54) is 141 Å². The first-order valence-corrected chi connectivity index (χ1v) is 16.3. The molecule has 1 atom stereocenters. The largest absolute Gasteiger partial charge is 0.324 e. The van der Waals surface area contributed by atoms with Crippen molar-refractivity contribution < 1.29 is 9.28 Å². The molecule has 36 heavy (non-hydrogen) atoms. The van der Waals surface area contributed by atoms with E-state index in [9.17, 15) is 4.79 Å². The molecule has 210 valence electrons. The van der Waals surface area contributed by atoms with Crippen LogP contribution in [0.4, 0.5) is 0 Å². The molecule has 1 amide bonds. The molecule has 3 heteroatoms. The number of hydrogen-bond donors (Lipinski definition) is 0. The summed E-state index contributed by atoms with van der Waals surface area (Å²) in [4.78, 5) is 17.6. The Labute approximate surface area is 226 Å². The Balaban J connectivity index is 2.01. The lowest BCUT2D eigenvalue weighted by atomic mass is 10.0. The Kier molecular flexibility index (Phi) is 21.3. The van der Waals surface area contributed by atoms with Gasteiger partial charge in [-0.15, -0.1) is 0 Å². The molecule has 1 heterocycles. The first kappa shape index (κ1) is 33.1. The lowest BCUT2D eigenvalue weighted by Gasteiger charge is -2.25. The Morgan fingerprint density at radius 1 is 0.583 bits per heavy atom. The van der Waals surface area contributed by atoms with Crippen LogP contribution in [0, 0.1) is 0 Å². The number of rotatable bonds is 26. The fourth-order valence-corrected chi connectivity index (χ4v) is 5.46. The second-order valence-corrected chi connectivity index (χ2v) is 11.6. The van der Waals surface area contributed by atoms with Crippen molar-refractivity contribution in [2.24, 2.45) is 4.99 Å². The van der Waals surface area contributed by atoms with Crippen LogP contribution in [0.1, 0.15) is 181 Å².